The summed E-state index contributed by atoms with van der Waals surface area (Å²) in [5.41, 5.74) is 0.905. The Bertz CT molecular complexity index is 1280. The highest BCUT2D eigenvalue weighted by Crippen LogP contribution is 2.56. The molecule has 35 heavy (non-hydrogen) atoms. The lowest BCUT2D eigenvalue weighted by molar-refractivity contribution is -0.145. The van der Waals surface area contributed by atoms with Crippen molar-refractivity contribution in [2.75, 3.05) is 29.9 Å². The van der Waals surface area contributed by atoms with Crippen molar-refractivity contribution in [2.24, 2.45) is 5.41 Å². The van der Waals surface area contributed by atoms with E-state index in [2.05, 4.69) is 38.8 Å². The van der Waals surface area contributed by atoms with Gasteiger partial charge in [-0.25, -0.2) is 15.0 Å². The van der Waals surface area contributed by atoms with Crippen LogP contribution in [-0.4, -0.2) is 58.0 Å². The predicted molar refractivity (Wildman–Crippen MR) is 129 cm³/mol. The topological polar surface area (TPSA) is 113 Å². The van der Waals surface area contributed by atoms with Gasteiger partial charge in [-0.05, 0) is 51.2 Å². The van der Waals surface area contributed by atoms with Gasteiger partial charge in [-0.3, -0.25) is 4.79 Å². The minimum Gasteiger partial charge on any atom is -0.349 e. The highest BCUT2D eigenvalue weighted by Gasteiger charge is 2.54. The first kappa shape index (κ1) is 21.8. The van der Waals surface area contributed by atoms with Gasteiger partial charge < -0.3 is 14.7 Å². The molecule has 2 atom stereocenters. The van der Waals surface area contributed by atoms with Gasteiger partial charge in [0.15, 0.2) is 0 Å². The average Bonchev–Trinajstić information content (AvgIpc) is 3.20. The molecule has 2 aromatic rings. The van der Waals surface area contributed by atoms with Gasteiger partial charge in [-0.2, -0.15) is 10.5 Å². The number of likely N-dealkylation sites (N-methyl/N-ethyl adjacent to an activating group) is 1. The number of carbonyl (C=O) groups excluding carboxylic acids is 1. The fourth-order valence-corrected chi connectivity index (χ4v) is 6.26. The number of anilines is 3. The number of rotatable bonds is 4. The molecule has 0 radical (unpaired) electrons. The summed E-state index contributed by atoms with van der Waals surface area (Å²) in [4.78, 5) is 33.3. The smallest absolute Gasteiger partial charge is 0.243 e. The summed E-state index contributed by atoms with van der Waals surface area (Å²) >= 11 is 0. The highest BCUT2D eigenvalue weighted by atomic mass is 16.2. The summed E-state index contributed by atoms with van der Waals surface area (Å²) in [5.74, 6) is 2.51. The maximum absolute atomic E-state index is 13.1. The molecule has 0 aromatic carbocycles. The van der Waals surface area contributed by atoms with E-state index in [0.29, 0.717) is 24.9 Å². The van der Waals surface area contributed by atoms with E-state index in [-0.39, 0.29) is 23.4 Å². The zero-order valence-electron chi connectivity index (χ0n) is 20.1. The molecular formula is C26H28N8O. The molecule has 2 aromatic heterocycles. The van der Waals surface area contributed by atoms with E-state index in [9.17, 15) is 15.3 Å². The molecule has 4 aliphatic rings. The van der Waals surface area contributed by atoms with Crippen molar-refractivity contribution < 1.29 is 4.79 Å². The summed E-state index contributed by atoms with van der Waals surface area (Å²) in [6, 6.07) is 8.15. The second kappa shape index (κ2) is 7.64. The number of amides is 1. The van der Waals surface area contributed by atoms with E-state index in [1.807, 2.05) is 13.1 Å². The number of aromatic nitrogens is 3. The summed E-state index contributed by atoms with van der Waals surface area (Å²) in [6.07, 6.45) is 8.86. The van der Waals surface area contributed by atoms with Gasteiger partial charge in [0.2, 0.25) is 5.91 Å². The molecule has 6 rings (SSSR count). The van der Waals surface area contributed by atoms with Crippen LogP contribution in [0.2, 0.25) is 0 Å². The molecule has 0 bridgehead atoms. The molecule has 2 aliphatic carbocycles. The van der Waals surface area contributed by atoms with Crippen molar-refractivity contribution in [3.63, 3.8) is 0 Å². The van der Waals surface area contributed by atoms with E-state index in [1.165, 1.54) is 12.0 Å². The lowest BCUT2D eigenvalue weighted by atomic mass is 9.65. The van der Waals surface area contributed by atoms with E-state index in [4.69, 9.17) is 4.98 Å². The molecule has 1 amide bonds. The predicted octanol–water partition coefficient (Wildman–Crippen LogP) is 3.05. The normalized spacial score (nSPS) is 24.9. The van der Waals surface area contributed by atoms with Crippen molar-refractivity contribution >= 4 is 23.4 Å². The van der Waals surface area contributed by atoms with Crippen LogP contribution in [-0.2, 0) is 10.2 Å². The Morgan fingerprint density at radius 3 is 2.49 bits per heavy atom. The second-order valence-electron chi connectivity index (χ2n) is 10.6. The molecule has 3 fully saturated rings. The molecule has 1 saturated heterocycles. The fourth-order valence-electron chi connectivity index (χ4n) is 6.26. The Hall–Kier alpha value is -3.72. The zero-order valence-corrected chi connectivity index (χ0v) is 20.1. The Kier molecular flexibility index (Phi) is 4.76. The van der Waals surface area contributed by atoms with Crippen LogP contribution in [0.25, 0.3) is 0 Å². The summed E-state index contributed by atoms with van der Waals surface area (Å²) < 4.78 is 0. The van der Waals surface area contributed by atoms with Crippen LogP contribution >= 0.6 is 0 Å². The molecule has 9 nitrogen and oxygen atoms in total. The van der Waals surface area contributed by atoms with Gasteiger partial charge in [0.1, 0.15) is 29.2 Å². The van der Waals surface area contributed by atoms with Crippen molar-refractivity contribution in [2.45, 2.75) is 62.9 Å². The number of pyridine rings is 1. The number of carbonyl (C=O) groups is 1. The van der Waals surface area contributed by atoms with Gasteiger partial charge in [0.25, 0.3) is 0 Å². The van der Waals surface area contributed by atoms with Crippen LogP contribution in [0.3, 0.4) is 0 Å². The average molecular weight is 469 g/mol. The lowest BCUT2D eigenvalue weighted by Gasteiger charge is -2.53. The standard InChI is InChI=1S/C26H28N8O/c1-17-19(32(2)24(35)25(14-28)6-3-7-25)13-33(17)22-21-23(31-16-30-22)34(15-26(21)8-4-9-26)20-11-18(12-27)5-10-29-20/h5,10-11,16-17,19H,3-4,6-9,13,15H2,1-2H3/t17-,19-/m1/s1. The summed E-state index contributed by atoms with van der Waals surface area (Å²) in [6.45, 7) is 3.60. The maximum atomic E-state index is 13.1. The number of hydrogen-bond donors (Lipinski definition) is 0. The molecule has 0 N–H and O–H groups in total. The maximum Gasteiger partial charge on any atom is 0.243 e. The van der Waals surface area contributed by atoms with Gasteiger partial charge in [0.05, 0.1) is 23.7 Å². The zero-order chi connectivity index (χ0) is 24.4. The van der Waals surface area contributed by atoms with Crippen LogP contribution in [0.1, 0.15) is 56.6 Å². The quantitative estimate of drug-likeness (QED) is 0.673. The third-order valence-electron chi connectivity index (χ3n) is 8.87. The van der Waals surface area contributed by atoms with Gasteiger partial charge in [-0.15, -0.1) is 0 Å². The number of nitriles is 2. The van der Waals surface area contributed by atoms with E-state index in [1.54, 1.807) is 23.5 Å². The first-order chi connectivity index (χ1) is 16.9. The SMILES string of the molecule is C[C@@H]1[C@H](N(C)C(=O)C2(C#N)CCC2)CN1c1ncnc2c1C1(CCC1)CN2c1cc(C#N)ccn1. The van der Waals surface area contributed by atoms with Gasteiger partial charge in [0, 0.05) is 43.4 Å². The van der Waals surface area contributed by atoms with Gasteiger partial charge in [-0.1, -0.05) is 6.42 Å². The van der Waals surface area contributed by atoms with Crippen molar-refractivity contribution in [3.05, 3.63) is 35.8 Å². The minimum atomic E-state index is -0.827. The second-order valence-corrected chi connectivity index (χ2v) is 10.6. The molecule has 2 aliphatic heterocycles. The summed E-state index contributed by atoms with van der Waals surface area (Å²) in [5, 5.41) is 19.0. The molecule has 178 valence electrons. The van der Waals surface area contributed by atoms with Crippen molar-refractivity contribution in [3.8, 4) is 12.1 Å². The van der Waals surface area contributed by atoms with Crippen molar-refractivity contribution in [1.29, 1.82) is 10.5 Å². The Morgan fingerprint density at radius 1 is 1.14 bits per heavy atom. The first-order valence-electron chi connectivity index (χ1n) is 12.4. The molecular weight excluding hydrogens is 440 g/mol. The van der Waals surface area contributed by atoms with Crippen LogP contribution in [0.15, 0.2) is 24.7 Å². The molecule has 4 heterocycles. The first-order valence-corrected chi connectivity index (χ1v) is 12.4. The third kappa shape index (κ3) is 2.97. The highest BCUT2D eigenvalue weighted by molar-refractivity contribution is 5.87. The van der Waals surface area contributed by atoms with Crippen LogP contribution in [0, 0.1) is 28.1 Å². The van der Waals surface area contributed by atoms with Crippen LogP contribution in [0.5, 0.6) is 0 Å². The fraction of sp³-hybridized carbons (Fsp3) is 0.538. The van der Waals surface area contributed by atoms with E-state index in [0.717, 1.165) is 43.3 Å². The molecule has 1 spiro atoms. The van der Waals surface area contributed by atoms with Gasteiger partial charge >= 0.3 is 0 Å². The third-order valence-corrected chi connectivity index (χ3v) is 8.87. The Labute approximate surface area is 205 Å². The van der Waals surface area contributed by atoms with Crippen LogP contribution < -0.4 is 9.80 Å². The van der Waals surface area contributed by atoms with E-state index >= 15 is 0 Å². The Morgan fingerprint density at radius 2 is 1.89 bits per heavy atom. The number of fused-ring (bicyclic) bond motifs is 2. The number of hydrogen-bond acceptors (Lipinski definition) is 8. The monoisotopic (exact) mass is 468 g/mol. The molecule has 2 saturated carbocycles. The Balaban J connectivity index is 1.30. The van der Waals surface area contributed by atoms with E-state index < -0.39 is 5.41 Å². The largest absolute Gasteiger partial charge is 0.349 e. The molecule has 0 unspecified atom stereocenters. The van der Waals surface area contributed by atoms with Crippen LogP contribution in [0.4, 0.5) is 17.5 Å². The summed E-state index contributed by atoms with van der Waals surface area (Å²) in [7, 11) is 1.84. The lowest BCUT2D eigenvalue weighted by Crippen LogP contribution is -2.68. The molecule has 9 heteroatoms. The number of nitrogens with zero attached hydrogens (tertiary/aromatic N) is 8. The van der Waals surface area contributed by atoms with Crippen molar-refractivity contribution in [1.82, 2.24) is 19.9 Å². The minimum absolute atomic E-state index is 0.0143.